The topological polar surface area (TPSA) is 415 Å². The van der Waals surface area contributed by atoms with Crippen LogP contribution in [0, 0.1) is 0 Å². The Hall–Kier alpha value is -2.44. The van der Waals surface area contributed by atoms with E-state index < -0.39 is 9.84 Å². The molecular weight excluding hydrogens is 1590 g/mol. The van der Waals surface area contributed by atoms with Crippen LogP contribution in [-0.4, -0.2) is 496 Å². The number of rotatable bonds is 112. The third kappa shape index (κ3) is 110. The van der Waals surface area contributed by atoms with E-state index in [0.717, 1.165) is 5.41 Å². The highest BCUT2D eigenvalue weighted by Crippen LogP contribution is 1.96. The van der Waals surface area contributed by atoms with E-state index in [4.69, 9.17) is 176 Å². The first kappa shape index (κ1) is 116. The van der Waals surface area contributed by atoms with Crippen molar-refractivity contribution in [1.29, 1.82) is 0 Å². The van der Waals surface area contributed by atoms with Crippen LogP contribution in [0.5, 0.6) is 0 Å². The van der Waals surface area contributed by atoms with Crippen LogP contribution in [0.3, 0.4) is 0 Å². The van der Waals surface area contributed by atoms with Gasteiger partial charge in [0.15, 0.2) is 9.84 Å². The first-order valence-corrected chi connectivity index (χ1v) is 43.0. The minimum Gasteiger partial charge on any atom is -0.379 e. The van der Waals surface area contributed by atoms with Gasteiger partial charge in [0, 0.05) is 16.9 Å². The second kappa shape index (κ2) is 109. The minimum absolute atomic E-state index is 0.0857. The number of hydrogen-bond acceptors (Lipinski definition) is 39. The van der Waals surface area contributed by atoms with Gasteiger partial charge >= 0.3 is 0 Å². The highest BCUT2D eigenvalue weighted by molar-refractivity contribution is 7.94. The number of ether oxygens (including phenoxy) is 36. The molecule has 0 aromatic rings. The molecule has 0 amide bonds. The van der Waals surface area contributed by atoms with Crippen molar-refractivity contribution in [1.82, 2.24) is 0 Å². The van der Waals surface area contributed by atoms with E-state index in [2.05, 4.69) is 16.6 Å². The Kier molecular flexibility index (Phi) is 106. The lowest BCUT2D eigenvalue weighted by Crippen LogP contribution is -2.16. The minimum atomic E-state index is -3.24. The largest absolute Gasteiger partial charge is 0.379 e. The van der Waals surface area contributed by atoms with Crippen LogP contribution in [0.2, 0.25) is 0 Å². The average Bonchev–Trinajstić information content (AvgIpc) is 0.957. The zero-order valence-corrected chi connectivity index (χ0v) is 71.7. The van der Waals surface area contributed by atoms with Crippen LogP contribution in [0.1, 0.15) is 0 Å². The van der Waals surface area contributed by atoms with Gasteiger partial charge in [-0.2, -0.15) is 0 Å². The quantitative estimate of drug-likeness (QED) is 0.0360. The molecular formula is C76H151N3O38S. The van der Waals surface area contributed by atoms with Crippen molar-refractivity contribution in [3.8, 4) is 0 Å². The van der Waals surface area contributed by atoms with Crippen molar-refractivity contribution in [3.05, 3.63) is 22.4 Å². The molecule has 0 heterocycles. The third-order valence-electron chi connectivity index (χ3n) is 14.2. The van der Waals surface area contributed by atoms with E-state index in [1.807, 2.05) is 0 Å². The Bertz CT molecular complexity index is 1990. The monoisotopic (exact) mass is 1750 g/mol. The van der Waals surface area contributed by atoms with Gasteiger partial charge in [0.05, 0.1) is 481 Å². The predicted octanol–water partition coefficient (Wildman–Crippen LogP) is 1.45. The summed E-state index contributed by atoms with van der Waals surface area (Å²) in [6, 6.07) is 0. The van der Waals surface area contributed by atoms with E-state index in [1.54, 1.807) is 0 Å². The van der Waals surface area contributed by atoms with Gasteiger partial charge in [0.1, 0.15) is 0 Å². The molecule has 0 unspecified atom stereocenters. The molecule has 0 spiro atoms. The molecule has 0 bridgehead atoms. The summed E-state index contributed by atoms with van der Waals surface area (Å²) in [5.74, 6) is -0.0857. The molecule has 42 heteroatoms. The smallest absolute Gasteiger partial charge is 0.173 e. The molecule has 0 aliphatic carbocycles. The van der Waals surface area contributed by atoms with Crippen molar-refractivity contribution in [2.24, 2.45) is 5.11 Å². The summed E-state index contributed by atoms with van der Waals surface area (Å²) in [7, 11) is -3.24. The van der Waals surface area contributed by atoms with Crippen LogP contribution in [-0.2, 0) is 180 Å². The molecule has 0 aliphatic rings. The maximum Gasteiger partial charge on any atom is 0.173 e. The number of hydrogen-bond donors (Lipinski definition) is 0. The molecule has 0 aromatic carbocycles. The van der Waals surface area contributed by atoms with Crippen LogP contribution in [0.15, 0.2) is 17.1 Å². The molecule has 0 fully saturated rings. The SMILES string of the molecule is C=CS(=O)(=O)CCOCCOCCOCCOCCOCCOCCOCCOCCOCCOCCOCCOCCOCCOCCOCCOCCOCCOCCOCCOCCOCCOCCOCCOCCOCCOCCOCCOCCOCCOCCOCCOCCOCCOCCOCCOCCN=[N+]=[N-]. The van der Waals surface area contributed by atoms with E-state index >= 15 is 0 Å². The number of sulfone groups is 1. The lowest BCUT2D eigenvalue weighted by atomic mass is 10.6. The third-order valence-corrected chi connectivity index (χ3v) is 15.4. The van der Waals surface area contributed by atoms with Gasteiger partial charge in [-0.3, -0.25) is 0 Å². The molecule has 0 aromatic heterocycles. The van der Waals surface area contributed by atoms with E-state index in [9.17, 15) is 8.42 Å². The van der Waals surface area contributed by atoms with Crippen LogP contribution < -0.4 is 0 Å². The average molecular weight is 1750 g/mol. The lowest BCUT2D eigenvalue weighted by molar-refractivity contribution is -0.0327. The van der Waals surface area contributed by atoms with E-state index in [1.165, 1.54) is 0 Å². The second-order valence-corrected chi connectivity index (χ2v) is 25.6. The summed E-state index contributed by atoms with van der Waals surface area (Å²) >= 11 is 0. The van der Waals surface area contributed by atoms with Crippen LogP contribution in [0.25, 0.3) is 10.4 Å². The Morgan fingerprint density at radius 1 is 0.169 bits per heavy atom. The molecule has 41 nitrogen and oxygen atoms in total. The zero-order valence-electron chi connectivity index (χ0n) is 70.9. The van der Waals surface area contributed by atoms with Gasteiger partial charge in [0.2, 0.25) is 0 Å². The molecule has 0 radical (unpaired) electrons. The van der Waals surface area contributed by atoms with Gasteiger partial charge in [-0.05, 0) is 5.53 Å². The van der Waals surface area contributed by atoms with Gasteiger partial charge < -0.3 is 171 Å². The fourth-order valence-electron chi connectivity index (χ4n) is 8.21. The van der Waals surface area contributed by atoms with Crippen molar-refractivity contribution in [2.75, 3.05) is 488 Å². The second-order valence-electron chi connectivity index (χ2n) is 23.5. The molecule has 704 valence electrons. The van der Waals surface area contributed by atoms with Gasteiger partial charge in [-0.15, -0.1) is 0 Å². The van der Waals surface area contributed by atoms with Crippen molar-refractivity contribution < 1.29 is 179 Å². The standard InChI is InChI=1S/C76H151N3O38S/c1-2-118(80,81)76-75-117-74-73-116-72-71-115-70-69-114-68-67-113-66-65-112-64-63-111-62-61-110-60-59-109-58-57-108-56-55-107-54-53-106-52-51-105-50-49-104-48-47-103-46-45-102-44-43-101-42-41-100-40-39-99-38-37-98-36-35-97-34-33-96-32-31-95-30-29-94-28-27-93-26-25-92-24-23-91-22-21-90-20-19-89-18-17-88-16-15-87-14-13-86-12-11-85-10-9-84-8-7-83-6-5-82-4-3-78-79-77/h2H,1,3-76H2. The Morgan fingerprint density at radius 2 is 0.254 bits per heavy atom. The lowest BCUT2D eigenvalue weighted by Gasteiger charge is -2.09. The molecule has 0 saturated carbocycles. The van der Waals surface area contributed by atoms with E-state index in [0.29, 0.717) is 476 Å². The maximum atomic E-state index is 11.3. The summed E-state index contributed by atoms with van der Waals surface area (Å²) < 4.78 is 220. The van der Waals surface area contributed by atoms with Crippen LogP contribution in [0.4, 0.5) is 0 Å². The molecule has 0 N–H and O–H groups in total. The summed E-state index contributed by atoms with van der Waals surface area (Å²) in [5.41, 5.74) is 8.18. The van der Waals surface area contributed by atoms with Gasteiger partial charge in [0.25, 0.3) is 0 Å². The maximum absolute atomic E-state index is 11.3. The molecule has 118 heavy (non-hydrogen) atoms. The van der Waals surface area contributed by atoms with Crippen molar-refractivity contribution >= 4 is 9.84 Å². The Labute approximate surface area is 701 Å². The highest BCUT2D eigenvalue weighted by atomic mass is 32.2. The Morgan fingerprint density at radius 3 is 0.339 bits per heavy atom. The van der Waals surface area contributed by atoms with Crippen molar-refractivity contribution in [2.45, 2.75) is 0 Å². The predicted molar refractivity (Wildman–Crippen MR) is 427 cm³/mol. The molecule has 0 saturated heterocycles. The Balaban J connectivity index is 3.11. The molecule has 0 atom stereocenters. The number of azide groups is 1. The normalized spacial score (nSPS) is 11.8. The summed E-state index contributed by atoms with van der Waals surface area (Å²) in [6.45, 7) is 36.7. The van der Waals surface area contributed by atoms with Crippen LogP contribution >= 0.6 is 0 Å². The first-order valence-electron chi connectivity index (χ1n) is 41.3. The first-order chi connectivity index (χ1) is 58.6. The zero-order chi connectivity index (χ0) is 84.4. The van der Waals surface area contributed by atoms with E-state index in [-0.39, 0.29) is 12.4 Å². The fraction of sp³-hybridized carbons (Fsp3) is 0.974. The summed E-state index contributed by atoms with van der Waals surface area (Å²) in [6.07, 6.45) is 0. The summed E-state index contributed by atoms with van der Waals surface area (Å²) in [5, 5.41) is 4.31. The highest BCUT2D eigenvalue weighted by Gasteiger charge is 2.06. The summed E-state index contributed by atoms with van der Waals surface area (Å²) in [4.78, 5) is 2.65. The number of nitrogens with zero attached hydrogens (tertiary/aromatic N) is 3. The van der Waals surface area contributed by atoms with Gasteiger partial charge in [-0.1, -0.05) is 11.7 Å². The molecule has 0 rings (SSSR count). The van der Waals surface area contributed by atoms with Gasteiger partial charge in [-0.25, -0.2) is 8.42 Å². The molecule has 0 aliphatic heterocycles. The fourth-order valence-corrected chi connectivity index (χ4v) is 8.72. The van der Waals surface area contributed by atoms with Crippen molar-refractivity contribution in [3.63, 3.8) is 0 Å².